The molecule has 2 aromatic rings. The summed E-state index contributed by atoms with van der Waals surface area (Å²) in [6.45, 7) is 3.79. The highest BCUT2D eigenvalue weighted by Crippen LogP contribution is 2.25. The average Bonchev–Trinajstić information content (AvgIpc) is 2.55. The Morgan fingerprint density at radius 1 is 1.25 bits per heavy atom. The van der Waals surface area contributed by atoms with Gasteiger partial charge in [0.15, 0.2) is 5.43 Å². The fourth-order valence-electron chi connectivity index (χ4n) is 2.27. The Morgan fingerprint density at radius 3 is 2.62 bits per heavy atom. The van der Waals surface area contributed by atoms with E-state index in [1.165, 1.54) is 18.4 Å². The second-order valence-electron chi connectivity index (χ2n) is 6.24. The molecule has 128 valence electrons. The molecule has 1 aromatic carbocycles. The molecule has 0 bridgehead atoms. The average molecular weight is 330 g/mol. The van der Waals surface area contributed by atoms with Gasteiger partial charge in [-0.25, -0.2) is 0 Å². The number of carbonyl (C=O) groups is 1. The van der Waals surface area contributed by atoms with Gasteiger partial charge in [-0.2, -0.15) is 0 Å². The van der Waals surface area contributed by atoms with Crippen LogP contribution in [0.25, 0.3) is 0 Å². The van der Waals surface area contributed by atoms with E-state index in [4.69, 9.17) is 9.15 Å². The zero-order valence-corrected chi connectivity index (χ0v) is 13.9. The van der Waals surface area contributed by atoms with Crippen molar-refractivity contribution in [1.82, 2.24) is 0 Å². The SMILES string of the molecule is CC(C)(C(=O)CC(O)COCc1ccccc1)c1cc(=O)cco1. The predicted octanol–water partition coefficient (Wildman–Crippen LogP) is 2.45. The highest BCUT2D eigenvalue weighted by atomic mass is 16.5. The van der Waals surface area contributed by atoms with Crippen LogP contribution in [0.4, 0.5) is 0 Å². The molecule has 0 saturated carbocycles. The molecule has 1 unspecified atom stereocenters. The zero-order valence-electron chi connectivity index (χ0n) is 13.9. The summed E-state index contributed by atoms with van der Waals surface area (Å²) in [5.41, 5.74) is -0.202. The van der Waals surface area contributed by atoms with Crippen molar-refractivity contribution in [3.63, 3.8) is 0 Å². The molecule has 0 radical (unpaired) electrons. The first-order chi connectivity index (χ1) is 11.4. The van der Waals surface area contributed by atoms with Gasteiger partial charge in [-0.05, 0) is 19.4 Å². The van der Waals surface area contributed by atoms with Crippen molar-refractivity contribution in [2.75, 3.05) is 6.61 Å². The van der Waals surface area contributed by atoms with Crippen LogP contribution in [0.15, 0.2) is 57.9 Å². The topological polar surface area (TPSA) is 76.7 Å². The van der Waals surface area contributed by atoms with Crippen LogP contribution in [0.5, 0.6) is 0 Å². The van der Waals surface area contributed by atoms with Crippen molar-refractivity contribution in [3.8, 4) is 0 Å². The van der Waals surface area contributed by atoms with Gasteiger partial charge in [0.25, 0.3) is 0 Å². The Hall–Kier alpha value is -2.24. The van der Waals surface area contributed by atoms with Gasteiger partial charge in [-0.3, -0.25) is 9.59 Å². The standard InChI is InChI=1S/C19H22O5/c1-19(2,18-11-15(20)8-9-24-18)17(22)10-16(21)13-23-12-14-6-4-3-5-7-14/h3-9,11,16,21H,10,12-13H2,1-2H3. The monoisotopic (exact) mass is 330 g/mol. The van der Waals surface area contributed by atoms with E-state index in [9.17, 15) is 14.7 Å². The summed E-state index contributed by atoms with van der Waals surface area (Å²) in [6, 6.07) is 12.2. The summed E-state index contributed by atoms with van der Waals surface area (Å²) in [5.74, 6) is 0.0741. The molecule has 1 heterocycles. The molecule has 5 nitrogen and oxygen atoms in total. The van der Waals surface area contributed by atoms with Gasteiger partial charge in [0.2, 0.25) is 0 Å². The van der Waals surface area contributed by atoms with Crippen LogP contribution < -0.4 is 5.43 Å². The summed E-state index contributed by atoms with van der Waals surface area (Å²) >= 11 is 0. The predicted molar refractivity (Wildman–Crippen MR) is 89.7 cm³/mol. The van der Waals surface area contributed by atoms with Crippen LogP contribution in [0.3, 0.4) is 0 Å². The number of hydrogen-bond acceptors (Lipinski definition) is 5. The van der Waals surface area contributed by atoms with Crippen molar-refractivity contribution in [1.29, 1.82) is 0 Å². The molecule has 0 amide bonds. The van der Waals surface area contributed by atoms with Gasteiger partial charge in [0.1, 0.15) is 11.5 Å². The molecule has 1 aromatic heterocycles. The van der Waals surface area contributed by atoms with Crippen molar-refractivity contribution in [2.24, 2.45) is 0 Å². The van der Waals surface area contributed by atoms with E-state index in [0.29, 0.717) is 6.61 Å². The van der Waals surface area contributed by atoms with Crippen LogP contribution in [0, 0.1) is 0 Å². The number of hydrogen-bond donors (Lipinski definition) is 1. The summed E-state index contributed by atoms with van der Waals surface area (Å²) in [6.07, 6.45) is 0.294. The highest BCUT2D eigenvalue weighted by Gasteiger charge is 2.33. The Morgan fingerprint density at radius 2 is 1.96 bits per heavy atom. The molecular weight excluding hydrogens is 308 g/mol. The largest absolute Gasteiger partial charge is 0.468 e. The van der Waals surface area contributed by atoms with E-state index in [1.807, 2.05) is 30.3 Å². The molecule has 0 aliphatic rings. The third kappa shape index (κ3) is 4.88. The number of aliphatic hydroxyl groups is 1. The number of Topliss-reactive ketones (excluding diaryl/α,β-unsaturated/α-hetero) is 1. The fraction of sp³-hybridized carbons (Fsp3) is 0.368. The minimum atomic E-state index is -0.985. The van der Waals surface area contributed by atoms with E-state index in [1.54, 1.807) is 13.8 Å². The van der Waals surface area contributed by atoms with E-state index in [-0.39, 0.29) is 30.0 Å². The first kappa shape index (κ1) is 18.1. The Kier molecular flexibility index (Phi) is 6.06. The number of ether oxygens (including phenoxy) is 1. The smallest absolute Gasteiger partial charge is 0.185 e. The van der Waals surface area contributed by atoms with Gasteiger partial charge < -0.3 is 14.3 Å². The molecule has 0 aliphatic carbocycles. The maximum absolute atomic E-state index is 12.4. The minimum Gasteiger partial charge on any atom is -0.468 e. The zero-order chi connectivity index (χ0) is 17.6. The van der Waals surface area contributed by atoms with Gasteiger partial charge in [0.05, 0.1) is 31.0 Å². The van der Waals surface area contributed by atoms with Crippen LogP contribution in [0.1, 0.15) is 31.6 Å². The maximum atomic E-state index is 12.4. The number of ketones is 1. The highest BCUT2D eigenvalue weighted by molar-refractivity contribution is 5.88. The summed E-state index contributed by atoms with van der Waals surface area (Å²) in [7, 11) is 0. The Labute approximate surface area is 140 Å². The van der Waals surface area contributed by atoms with E-state index >= 15 is 0 Å². The first-order valence-electron chi connectivity index (χ1n) is 7.82. The van der Waals surface area contributed by atoms with Crippen molar-refractivity contribution in [2.45, 2.75) is 38.4 Å². The Balaban J connectivity index is 1.87. The van der Waals surface area contributed by atoms with Crippen molar-refractivity contribution in [3.05, 3.63) is 70.3 Å². The normalized spacial score (nSPS) is 12.8. The summed E-state index contributed by atoms with van der Waals surface area (Å²) in [5, 5.41) is 10.0. The minimum absolute atomic E-state index is 0.0649. The first-order valence-corrected chi connectivity index (χ1v) is 7.82. The molecule has 0 saturated heterocycles. The van der Waals surface area contributed by atoms with Crippen LogP contribution in [-0.4, -0.2) is 23.6 Å². The molecule has 1 N–H and O–H groups in total. The van der Waals surface area contributed by atoms with Crippen LogP contribution >= 0.6 is 0 Å². The summed E-state index contributed by atoms with van der Waals surface area (Å²) < 4.78 is 10.7. The maximum Gasteiger partial charge on any atom is 0.185 e. The summed E-state index contributed by atoms with van der Waals surface area (Å²) in [4.78, 5) is 23.9. The quantitative estimate of drug-likeness (QED) is 0.804. The molecule has 0 spiro atoms. The van der Waals surface area contributed by atoms with E-state index in [2.05, 4.69) is 0 Å². The second-order valence-corrected chi connectivity index (χ2v) is 6.24. The van der Waals surface area contributed by atoms with Gasteiger partial charge >= 0.3 is 0 Å². The number of benzene rings is 1. The van der Waals surface area contributed by atoms with Crippen molar-refractivity contribution >= 4 is 5.78 Å². The van der Waals surface area contributed by atoms with Gasteiger partial charge in [-0.1, -0.05) is 30.3 Å². The van der Waals surface area contributed by atoms with E-state index < -0.39 is 11.5 Å². The molecule has 2 rings (SSSR count). The third-order valence-corrected chi connectivity index (χ3v) is 3.86. The molecule has 5 heteroatoms. The van der Waals surface area contributed by atoms with Crippen molar-refractivity contribution < 1.29 is 19.1 Å². The van der Waals surface area contributed by atoms with Gasteiger partial charge in [-0.15, -0.1) is 0 Å². The van der Waals surface area contributed by atoms with Gasteiger partial charge in [0, 0.05) is 18.6 Å². The number of aliphatic hydroxyl groups excluding tert-OH is 1. The molecule has 0 fully saturated rings. The van der Waals surface area contributed by atoms with Crippen LogP contribution in [-0.2, 0) is 21.6 Å². The number of carbonyl (C=O) groups excluding carboxylic acids is 1. The Bertz CT molecular complexity index is 718. The van der Waals surface area contributed by atoms with E-state index in [0.717, 1.165) is 5.56 Å². The fourth-order valence-corrected chi connectivity index (χ4v) is 2.27. The lowest BCUT2D eigenvalue weighted by Crippen LogP contribution is -2.33. The lowest BCUT2D eigenvalue weighted by atomic mass is 9.82. The van der Waals surface area contributed by atoms with Crippen LogP contribution in [0.2, 0.25) is 0 Å². The lowest BCUT2D eigenvalue weighted by molar-refractivity contribution is -0.127. The lowest BCUT2D eigenvalue weighted by Gasteiger charge is -2.23. The third-order valence-electron chi connectivity index (χ3n) is 3.86. The second kappa shape index (κ2) is 8.04. The molecule has 0 aliphatic heterocycles. The number of rotatable bonds is 8. The molecule has 24 heavy (non-hydrogen) atoms. The molecule has 1 atom stereocenters. The molecular formula is C19H22O5.